The first-order valence-electron chi connectivity index (χ1n) is 18.8. The Labute approximate surface area is 327 Å². The normalized spacial score (nSPS) is 11.6. The molecule has 11 rings (SSSR count). The van der Waals surface area contributed by atoms with E-state index < -0.39 is 0 Å². The van der Waals surface area contributed by atoms with Gasteiger partial charge in [-0.25, -0.2) is 15.0 Å². The zero-order valence-electron chi connectivity index (χ0n) is 30.2. The van der Waals surface area contributed by atoms with Crippen LogP contribution in [0.5, 0.6) is 0 Å². The molecule has 0 atom stereocenters. The van der Waals surface area contributed by atoms with E-state index in [2.05, 4.69) is 180 Å². The van der Waals surface area contributed by atoms with E-state index in [4.69, 9.17) is 15.0 Å². The molecule has 0 aliphatic heterocycles. The first kappa shape index (κ1) is 32.2. The molecule has 56 heavy (non-hydrogen) atoms. The van der Waals surface area contributed by atoms with Crippen molar-refractivity contribution in [3.05, 3.63) is 194 Å². The van der Waals surface area contributed by atoms with Crippen LogP contribution in [0.25, 0.3) is 104 Å². The Morgan fingerprint density at radius 2 is 0.821 bits per heavy atom. The lowest BCUT2D eigenvalue weighted by molar-refractivity contribution is 1.07. The first-order valence-corrected chi connectivity index (χ1v) is 19.6. The van der Waals surface area contributed by atoms with Gasteiger partial charge in [0.2, 0.25) is 0 Å². The summed E-state index contributed by atoms with van der Waals surface area (Å²) in [6, 6.07) is 68.7. The van der Waals surface area contributed by atoms with Gasteiger partial charge in [0, 0.05) is 53.3 Å². The molecule has 0 N–H and O–H groups in total. The van der Waals surface area contributed by atoms with E-state index in [1.807, 2.05) is 18.2 Å². The third kappa shape index (κ3) is 5.56. The fourth-order valence-corrected chi connectivity index (χ4v) is 9.11. The van der Waals surface area contributed by atoms with Crippen molar-refractivity contribution in [1.29, 1.82) is 0 Å². The molecular formula is C51H32N4S. The van der Waals surface area contributed by atoms with E-state index in [0.29, 0.717) is 17.5 Å². The van der Waals surface area contributed by atoms with E-state index >= 15 is 0 Å². The Morgan fingerprint density at radius 1 is 0.304 bits per heavy atom. The third-order valence-electron chi connectivity index (χ3n) is 10.6. The van der Waals surface area contributed by atoms with Gasteiger partial charge in [-0.2, -0.15) is 0 Å². The molecule has 0 fully saturated rings. The Morgan fingerprint density at radius 3 is 1.54 bits per heavy atom. The Balaban J connectivity index is 1.10. The molecule has 5 heteroatoms. The van der Waals surface area contributed by atoms with Crippen molar-refractivity contribution >= 4 is 53.3 Å². The smallest absolute Gasteiger partial charge is 0.164 e. The minimum atomic E-state index is 0.628. The minimum Gasteiger partial charge on any atom is -0.309 e. The summed E-state index contributed by atoms with van der Waals surface area (Å²) in [4.78, 5) is 15.5. The molecule has 11 aromatic rings. The second-order valence-corrected chi connectivity index (χ2v) is 15.2. The Hall–Kier alpha value is -7.21. The molecule has 262 valence electrons. The van der Waals surface area contributed by atoms with Crippen LogP contribution in [0.15, 0.2) is 194 Å². The fourth-order valence-electron chi connectivity index (χ4n) is 7.96. The predicted octanol–water partition coefficient (Wildman–Crippen LogP) is 13.7. The maximum atomic E-state index is 5.23. The standard InChI is InChI=1S/C51H32N4S/c1-3-14-33(15-4-1)37-28-38(35-18-13-19-40(31-35)55-45-23-10-7-20-41(45)42-21-8-11-24-46(42)55)30-39(29-37)51-53-49(34-16-5-2-6-17-34)52-50(54-51)36-26-27-44-43-22-9-12-25-47(43)56-48(44)32-36/h1-32H. The Bertz CT molecular complexity index is 3200. The maximum Gasteiger partial charge on any atom is 0.164 e. The molecule has 0 saturated carbocycles. The van der Waals surface area contributed by atoms with E-state index in [-0.39, 0.29) is 0 Å². The summed E-state index contributed by atoms with van der Waals surface area (Å²) >= 11 is 1.80. The number of fused-ring (bicyclic) bond motifs is 6. The van der Waals surface area contributed by atoms with Gasteiger partial charge < -0.3 is 4.57 Å². The summed E-state index contributed by atoms with van der Waals surface area (Å²) in [6.07, 6.45) is 0. The lowest BCUT2D eigenvalue weighted by Gasteiger charge is -2.14. The maximum absolute atomic E-state index is 5.23. The minimum absolute atomic E-state index is 0.628. The predicted molar refractivity (Wildman–Crippen MR) is 234 cm³/mol. The van der Waals surface area contributed by atoms with Gasteiger partial charge in [0.05, 0.1) is 11.0 Å². The van der Waals surface area contributed by atoms with Gasteiger partial charge in [-0.3, -0.25) is 0 Å². The summed E-state index contributed by atoms with van der Waals surface area (Å²) in [5.74, 6) is 1.91. The van der Waals surface area contributed by atoms with Crippen molar-refractivity contribution in [2.45, 2.75) is 0 Å². The van der Waals surface area contributed by atoms with Crippen molar-refractivity contribution in [3.8, 4) is 62.1 Å². The molecule has 0 bridgehead atoms. The number of hydrogen-bond acceptors (Lipinski definition) is 4. The van der Waals surface area contributed by atoms with Gasteiger partial charge in [0.15, 0.2) is 17.5 Å². The molecule has 4 nitrogen and oxygen atoms in total. The second-order valence-electron chi connectivity index (χ2n) is 14.1. The Kier molecular flexibility index (Phi) is 7.64. The van der Waals surface area contributed by atoms with Crippen LogP contribution in [0.2, 0.25) is 0 Å². The molecule has 0 unspecified atom stereocenters. The number of aromatic nitrogens is 4. The van der Waals surface area contributed by atoms with Crippen LogP contribution in [0.3, 0.4) is 0 Å². The van der Waals surface area contributed by atoms with Gasteiger partial charge in [0.1, 0.15) is 0 Å². The number of hydrogen-bond donors (Lipinski definition) is 0. The van der Waals surface area contributed by atoms with Gasteiger partial charge >= 0.3 is 0 Å². The largest absolute Gasteiger partial charge is 0.309 e. The monoisotopic (exact) mass is 732 g/mol. The molecule has 0 aliphatic rings. The SMILES string of the molecule is c1ccc(-c2cc(-c3cccc(-n4c5ccccc5c5ccccc54)c3)cc(-c3nc(-c4ccccc4)nc(-c4ccc5c(c4)sc4ccccc45)n3)c2)cc1. The molecule has 3 aromatic heterocycles. The third-order valence-corrected chi connectivity index (χ3v) is 11.8. The quantitative estimate of drug-likeness (QED) is 0.171. The highest BCUT2D eigenvalue weighted by molar-refractivity contribution is 7.25. The molecule has 0 aliphatic carbocycles. The van der Waals surface area contributed by atoms with Crippen molar-refractivity contribution in [1.82, 2.24) is 19.5 Å². The fraction of sp³-hybridized carbons (Fsp3) is 0. The van der Waals surface area contributed by atoms with E-state index in [9.17, 15) is 0 Å². The van der Waals surface area contributed by atoms with Crippen molar-refractivity contribution in [2.24, 2.45) is 0 Å². The summed E-state index contributed by atoms with van der Waals surface area (Å²) < 4.78 is 4.85. The molecular weight excluding hydrogens is 701 g/mol. The van der Waals surface area contributed by atoms with Crippen molar-refractivity contribution < 1.29 is 0 Å². The number of thiophene rings is 1. The summed E-state index contributed by atoms with van der Waals surface area (Å²) in [6.45, 7) is 0. The molecule has 0 saturated heterocycles. The molecule has 0 amide bonds. The first-order chi connectivity index (χ1) is 27.7. The summed E-state index contributed by atoms with van der Waals surface area (Å²) in [7, 11) is 0. The number of rotatable bonds is 6. The van der Waals surface area contributed by atoms with E-state index in [1.165, 1.54) is 42.0 Å². The zero-order valence-corrected chi connectivity index (χ0v) is 31.0. The average molecular weight is 733 g/mol. The average Bonchev–Trinajstić information content (AvgIpc) is 3.82. The van der Waals surface area contributed by atoms with Crippen LogP contribution >= 0.6 is 11.3 Å². The summed E-state index contributed by atoms with van der Waals surface area (Å²) in [5.41, 5.74) is 10.7. The van der Waals surface area contributed by atoms with Crippen LogP contribution in [-0.4, -0.2) is 19.5 Å². The van der Waals surface area contributed by atoms with Gasteiger partial charge in [0.25, 0.3) is 0 Å². The number of nitrogens with zero attached hydrogens (tertiary/aromatic N) is 4. The molecule has 0 spiro atoms. The highest BCUT2D eigenvalue weighted by Crippen LogP contribution is 2.38. The van der Waals surface area contributed by atoms with Gasteiger partial charge in [-0.15, -0.1) is 11.3 Å². The van der Waals surface area contributed by atoms with Crippen LogP contribution in [-0.2, 0) is 0 Å². The topological polar surface area (TPSA) is 43.6 Å². The highest BCUT2D eigenvalue weighted by atomic mass is 32.1. The van der Waals surface area contributed by atoms with Crippen molar-refractivity contribution in [2.75, 3.05) is 0 Å². The van der Waals surface area contributed by atoms with E-state index in [1.54, 1.807) is 11.3 Å². The molecule has 3 heterocycles. The molecule has 0 radical (unpaired) electrons. The van der Waals surface area contributed by atoms with Gasteiger partial charge in [-0.05, 0) is 76.9 Å². The van der Waals surface area contributed by atoms with Crippen LogP contribution < -0.4 is 0 Å². The zero-order chi connectivity index (χ0) is 37.0. The highest BCUT2D eigenvalue weighted by Gasteiger charge is 2.17. The van der Waals surface area contributed by atoms with Crippen LogP contribution in [0, 0.1) is 0 Å². The molecule has 8 aromatic carbocycles. The van der Waals surface area contributed by atoms with E-state index in [0.717, 1.165) is 44.6 Å². The van der Waals surface area contributed by atoms with Crippen LogP contribution in [0.4, 0.5) is 0 Å². The number of para-hydroxylation sites is 2. The number of benzene rings is 8. The van der Waals surface area contributed by atoms with Crippen LogP contribution in [0.1, 0.15) is 0 Å². The van der Waals surface area contributed by atoms with Crippen molar-refractivity contribution in [3.63, 3.8) is 0 Å². The second kappa shape index (κ2) is 13.3. The lowest BCUT2D eigenvalue weighted by atomic mass is 9.95. The summed E-state index contributed by atoms with van der Waals surface area (Å²) in [5, 5.41) is 5.00. The lowest BCUT2D eigenvalue weighted by Crippen LogP contribution is -2.00. The van der Waals surface area contributed by atoms with Gasteiger partial charge in [-0.1, -0.05) is 140 Å².